The van der Waals surface area contributed by atoms with E-state index in [9.17, 15) is 34.2 Å². The predicted octanol–water partition coefficient (Wildman–Crippen LogP) is -2.34. The molecule has 0 aliphatic carbocycles. The van der Waals surface area contributed by atoms with Gasteiger partial charge in [-0.25, -0.2) is 9.78 Å². The summed E-state index contributed by atoms with van der Waals surface area (Å²) in [5, 5.41) is 26.0. The average Bonchev–Trinajstić information content (AvgIpc) is 3.31. The molecule has 0 fully saturated rings. The Hall–Kier alpha value is -4.46. The number of imidazole rings is 1. The number of carboxylic acids is 1. The standard InChI is InChI=1S/C22H29N7O7/c1-11(23)19(32)27-15(6-12-2-4-14(30)5-3-12)20(33)28-16(7-13-9-25-10-26-13)21(34)29-17(22(35)36)8-18(24)31/h2-5,9-11,15-17,30H,6-8,23H2,1H3,(H2,24,31)(H,25,26)(H,27,32)(H,28,33)(H,29,34)(H,35,36). The molecule has 2 aromatic rings. The number of nitrogens with one attached hydrogen (secondary N) is 4. The zero-order chi connectivity index (χ0) is 26.8. The fourth-order valence-electron chi connectivity index (χ4n) is 3.15. The molecule has 14 heteroatoms. The van der Waals surface area contributed by atoms with E-state index < -0.39 is 60.2 Å². The van der Waals surface area contributed by atoms with Gasteiger partial charge in [0, 0.05) is 24.7 Å². The first-order valence-electron chi connectivity index (χ1n) is 10.9. The van der Waals surface area contributed by atoms with E-state index in [2.05, 4.69) is 25.9 Å². The number of carboxylic acid groups (broad SMARTS) is 1. The first-order valence-corrected chi connectivity index (χ1v) is 10.9. The highest BCUT2D eigenvalue weighted by molar-refractivity contribution is 5.95. The smallest absolute Gasteiger partial charge is 0.326 e. The molecule has 0 bridgehead atoms. The van der Waals surface area contributed by atoms with Crippen molar-refractivity contribution in [3.63, 3.8) is 0 Å². The summed E-state index contributed by atoms with van der Waals surface area (Å²) in [5.74, 6) is -4.67. The van der Waals surface area contributed by atoms with Crippen molar-refractivity contribution in [2.24, 2.45) is 11.5 Å². The number of hydrogen-bond donors (Lipinski definition) is 8. The van der Waals surface area contributed by atoms with Crippen LogP contribution in [-0.2, 0) is 36.8 Å². The molecule has 2 rings (SSSR count). The molecular formula is C22H29N7O7. The van der Waals surface area contributed by atoms with Crippen LogP contribution in [0.2, 0.25) is 0 Å². The van der Waals surface area contributed by atoms with Crippen LogP contribution in [0.25, 0.3) is 0 Å². The van der Waals surface area contributed by atoms with E-state index in [1.54, 1.807) is 12.1 Å². The van der Waals surface area contributed by atoms with E-state index in [0.29, 0.717) is 11.3 Å². The van der Waals surface area contributed by atoms with Crippen LogP contribution in [0.5, 0.6) is 5.75 Å². The number of nitrogens with two attached hydrogens (primary N) is 2. The molecule has 4 atom stereocenters. The number of benzene rings is 1. The van der Waals surface area contributed by atoms with Crippen LogP contribution in [0.3, 0.4) is 0 Å². The second-order valence-electron chi connectivity index (χ2n) is 8.13. The number of carbonyl (C=O) groups is 5. The molecule has 1 aromatic carbocycles. The number of phenols is 1. The van der Waals surface area contributed by atoms with Crippen LogP contribution in [0.15, 0.2) is 36.8 Å². The van der Waals surface area contributed by atoms with Gasteiger partial charge >= 0.3 is 5.97 Å². The summed E-state index contributed by atoms with van der Waals surface area (Å²) in [7, 11) is 0. The lowest BCUT2D eigenvalue weighted by atomic mass is 10.0. The molecule has 0 saturated carbocycles. The van der Waals surface area contributed by atoms with E-state index in [1.807, 2.05) is 0 Å². The summed E-state index contributed by atoms with van der Waals surface area (Å²) in [6, 6.07) is 0.950. The largest absolute Gasteiger partial charge is 0.508 e. The van der Waals surface area contributed by atoms with Gasteiger partial charge in [-0.3, -0.25) is 19.2 Å². The Morgan fingerprint density at radius 3 is 2.00 bits per heavy atom. The number of aliphatic carboxylic acids is 1. The maximum atomic E-state index is 13.2. The van der Waals surface area contributed by atoms with Gasteiger partial charge in [0.1, 0.15) is 23.9 Å². The molecule has 0 spiro atoms. The van der Waals surface area contributed by atoms with Crippen molar-refractivity contribution in [2.45, 2.75) is 50.4 Å². The van der Waals surface area contributed by atoms with Gasteiger partial charge in [0.05, 0.1) is 18.8 Å². The van der Waals surface area contributed by atoms with Crippen molar-refractivity contribution in [3.05, 3.63) is 48.0 Å². The van der Waals surface area contributed by atoms with Crippen molar-refractivity contribution in [1.82, 2.24) is 25.9 Å². The molecule has 1 heterocycles. The molecule has 4 amide bonds. The highest BCUT2D eigenvalue weighted by Gasteiger charge is 2.31. The molecule has 10 N–H and O–H groups in total. The van der Waals surface area contributed by atoms with E-state index in [0.717, 1.165) is 0 Å². The lowest BCUT2D eigenvalue weighted by Gasteiger charge is -2.24. The van der Waals surface area contributed by atoms with Crippen molar-refractivity contribution < 1.29 is 34.2 Å². The molecule has 0 aliphatic heterocycles. The molecule has 0 saturated heterocycles. The number of aromatic hydroxyl groups is 1. The van der Waals surface area contributed by atoms with Gasteiger partial charge in [0.25, 0.3) is 0 Å². The number of rotatable bonds is 13. The summed E-state index contributed by atoms with van der Waals surface area (Å²) in [4.78, 5) is 67.7. The molecule has 194 valence electrons. The minimum Gasteiger partial charge on any atom is -0.508 e. The number of hydrogen-bond acceptors (Lipinski definition) is 8. The molecular weight excluding hydrogens is 474 g/mol. The topological polar surface area (TPSA) is 243 Å². The molecule has 4 unspecified atom stereocenters. The van der Waals surface area contributed by atoms with Gasteiger partial charge in [0.2, 0.25) is 23.6 Å². The molecule has 0 radical (unpaired) electrons. The minimum absolute atomic E-state index is 0.00238. The second-order valence-corrected chi connectivity index (χ2v) is 8.13. The lowest BCUT2D eigenvalue weighted by Crippen LogP contribution is -2.58. The lowest BCUT2D eigenvalue weighted by molar-refractivity contribution is -0.143. The number of aromatic nitrogens is 2. The van der Waals surface area contributed by atoms with Crippen LogP contribution in [-0.4, -0.2) is 73.9 Å². The molecule has 36 heavy (non-hydrogen) atoms. The summed E-state index contributed by atoms with van der Waals surface area (Å²) in [6.45, 7) is 1.43. The summed E-state index contributed by atoms with van der Waals surface area (Å²) in [5.41, 5.74) is 11.7. The number of aromatic amines is 1. The number of nitrogens with zero attached hydrogens (tertiary/aromatic N) is 1. The number of primary amides is 1. The SMILES string of the molecule is CC(N)C(=O)NC(Cc1ccc(O)cc1)C(=O)NC(Cc1cnc[nH]1)C(=O)NC(CC(N)=O)C(=O)O. The van der Waals surface area contributed by atoms with Crippen LogP contribution in [0.4, 0.5) is 0 Å². The van der Waals surface area contributed by atoms with Crippen LogP contribution < -0.4 is 27.4 Å². The third-order valence-electron chi connectivity index (χ3n) is 5.05. The quantitative estimate of drug-likeness (QED) is 0.146. The molecule has 14 nitrogen and oxygen atoms in total. The summed E-state index contributed by atoms with van der Waals surface area (Å²) >= 11 is 0. The number of carbonyl (C=O) groups excluding carboxylic acids is 4. The number of phenolic OH excluding ortho intramolecular Hbond substituents is 1. The third kappa shape index (κ3) is 8.72. The van der Waals surface area contributed by atoms with E-state index in [4.69, 9.17) is 11.5 Å². The van der Waals surface area contributed by atoms with Crippen molar-refractivity contribution in [2.75, 3.05) is 0 Å². The minimum atomic E-state index is -1.61. The normalized spacial score (nSPS) is 14.1. The number of H-pyrrole nitrogens is 1. The Balaban J connectivity index is 2.27. The highest BCUT2D eigenvalue weighted by Crippen LogP contribution is 2.12. The van der Waals surface area contributed by atoms with Crippen LogP contribution in [0.1, 0.15) is 24.6 Å². The number of amides is 4. The third-order valence-corrected chi connectivity index (χ3v) is 5.05. The average molecular weight is 504 g/mol. The summed E-state index contributed by atoms with van der Waals surface area (Å²) in [6.07, 6.45) is 2.02. The maximum Gasteiger partial charge on any atom is 0.326 e. The van der Waals surface area contributed by atoms with Crippen LogP contribution >= 0.6 is 0 Å². The molecule has 0 aliphatic rings. The Morgan fingerprint density at radius 2 is 1.50 bits per heavy atom. The Labute approximate surface area is 205 Å². The van der Waals surface area contributed by atoms with E-state index >= 15 is 0 Å². The van der Waals surface area contributed by atoms with Gasteiger partial charge in [-0.05, 0) is 24.6 Å². The Kier molecular flexibility index (Phi) is 9.92. The molecule has 1 aromatic heterocycles. The van der Waals surface area contributed by atoms with Crippen molar-refractivity contribution >= 4 is 29.6 Å². The maximum absolute atomic E-state index is 13.2. The van der Waals surface area contributed by atoms with Crippen LogP contribution in [0, 0.1) is 0 Å². The Morgan fingerprint density at radius 1 is 0.944 bits per heavy atom. The Bertz CT molecular complexity index is 1070. The zero-order valence-electron chi connectivity index (χ0n) is 19.4. The second kappa shape index (κ2) is 12.9. The fraction of sp³-hybridized carbons (Fsp3) is 0.364. The summed E-state index contributed by atoms with van der Waals surface area (Å²) < 4.78 is 0. The van der Waals surface area contributed by atoms with E-state index in [1.165, 1.54) is 31.6 Å². The predicted molar refractivity (Wildman–Crippen MR) is 125 cm³/mol. The first kappa shape index (κ1) is 27.8. The van der Waals surface area contributed by atoms with Gasteiger partial charge in [-0.1, -0.05) is 12.1 Å². The van der Waals surface area contributed by atoms with Gasteiger partial charge < -0.3 is 42.6 Å². The van der Waals surface area contributed by atoms with Gasteiger partial charge in [0.15, 0.2) is 0 Å². The first-order chi connectivity index (χ1) is 17.0. The monoisotopic (exact) mass is 503 g/mol. The van der Waals surface area contributed by atoms with E-state index in [-0.39, 0.29) is 18.6 Å². The fourth-order valence-corrected chi connectivity index (χ4v) is 3.15. The highest BCUT2D eigenvalue weighted by atomic mass is 16.4. The van der Waals surface area contributed by atoms with Crippen molar-refractivity contribution in [1.29, 1.82) is 0 Å². The van der Waals surface area contributed by atoms with Gasteiger partial charge in [-0.2, -0.15) is 0 Å². The zero-order valence-corrected chi connectivity index (χ0v) is 19.4. The van der Waals surface area contributed by atoms with Crippen molar-refractivity contribution in [3.8, 4) is 5.75 Å². The van der Waals surface area contributed by atoms with Gasteiger partial charge in [-0.15, -0.1) is 0 Å².